The summed E-state index contributed by atoms with van der Waals surface area (Å²) < 4.78 is 17.8. The zero-order chi connectivity index (χ0) is 35.8. The minimum atomic E-state index is -1.04. The molecule has 1 aliphatic carbocycles. The fourth-order valence-electron chi connectivity index (χ4n) is 6.51. The Morgan fingerprint density at radius 1 is 1.06 bits per heavy atom. The normalized spacial score (nSPS) is 18.5. The van der Waals surface area contributed by atoms with Gasteiger partial charge in [0, 0.05) is 50.8 Å². The van der Waals surface area contributed by atoms with Crippen molar-refractivity contribution in [2.45, 2.75) is 56.8 Å². The molecule has 264 valence electrons. The molecule has 51 heavy (non-hydrogen) atoms. The number of rotatable bonds is 12. The van der Waals surface area contributed by atoms with Gasteiger partial charge in [-0.05, 0) is 55.5 Å². The Morgan fingerprint density at radius 2 is 1.86 bits per heavy atom. The predicted molar refractivity (Wildman–Crippen MR) is 187 cm³/mol. The number of para-hydroxylation sites is 1. The summed E-state index contributed by atoms with van der Waals surface area (Å²) in [6.45, 7) is 0.432. The van der Waals surface area contributed by atoms with Crippen molar-refractivity contribution < 1.29 is 23.6 Å². The van der Waals surface area contributed by atoms with E-state index in [1.165, 1.54) is 15.3 Å². The van der Waals surface area contributed by atoms with Gasteiger partial charge in [0.2, 0.25) is 11.8 Å². The molecule has 1 saturated carbocycles. The van der Waals surface area contributed by atoms with Crippen molar-refractivity contribution >= 4 is 57.5 Å². The van der Waals surface area contributed by atoms with Crippen LogP contribution in [0.2, 0.25) is 0 Å². The van der Waals surface area contributed by atoms with Gasteiger partial charge in [0.05, 0.1) is 29.0 Å². The van der Waals surface area contributed by atoms with Crippen LogP contribution < -0.4 is 32.3 Å². The summed E-state index contributed by atoms with van der Waals surface area (Å²) in [5.74, 6) is -1.13. The van der Waals surface area contributed by atoms with E-state index in [1.807, 2.05) is 18.2 Å². The van der Waals surface area contributed by atoms with Crippen molar-refractivity contribution in [3.63, 3.8) is 0 Å². The molecule has 1 unspecified atom stereocenters. The van der Waals surface area contributed by atoms with E-state index in [2.05, 4.69) is 36.7 Å². The van der Waals surface area contributed by atoms with Crippen molar-refractivity contribution in [1.29, 1.82) is 0 Å². The molecule has 16 heteroatoms. The van der Waals surface area contributed by atoms with E-state index in [4.69, 9.17) is 0 Å². The van der Waals surface area contributed by atoms with Crippen LogP contribution in [-0.4, -0.2) is 73.2 Å². The number of anilines is 3. The number of aromatic nitrogens is 5. The van der Waals surface area contributed by atoms with E-state index >= 15 is 0 Å². The van der Waals surface area contributed by atoms with E-state index in [-0.39, 0.29) is 36.0 Å². The molecule has 4 heterocycles. The largest absolute Gasteiger partial charge is 0.385 e. The average molecular weight is 697 g/mol. The van der Waals surface area contributed by atoms with Crippen molar-refractivity contribution in [3.05, 3.63) is 82.0 Å². The van der Waals surface area contributed by atoms with Gasteiger partial charge in [-0.2, -0.15) is 0 Å². The number of imide groups is 1. The molecule has 5 aromatic rings. The third kappa shape index (κ3) is 6.63. The minimum absolute atomic E-state index is 0.170. The van der Waals surface area contributed by atoms with Crippen molar-refractivity contribution in [2.24, 2.45) is 7.05 Å². The molecule has 2 fully saturated rings. The molecule has 7 rings (SSSR count). The lowest BCUT2D eigenvalue weighted by Crippen LogP contribution is -2.44. The van der Waals surface area contributed by atoms with Gasteiger partial charge >= 0.3 is 5.69 Å². The van der Waals surface area contributed by atoms with Gasteiger partial charge < -0.3 is 21.3 Å². The van der Waals surface area contributed by atoms with Crippen LogP contribution in [0.1, 0.15) is 64.6 Å². The number of amides is 4. The maximum absolute atomic E-state index is 13.4. The number of carbonyl (C=O) groups is 4. The van der Waals surface area contributed by atoms with Crippen molar-refractivity contribution in [3.8, 4) is 0 Å². The molecular weight excluding hydrogens is 659 g/mol. The highest BCUT2D eigenvalue weighted by atomic mass is 19.1. The highest BCUT2D eigenvalue weighted by molar-refractivity contribution is 6.00. The first kappa shape index (κ1) is 33.4. The summed E-state index contributed by atoms with van der Waals surface area (Å²) in [6, 6.07) is 13.1. The Bertz CT molecular complexity index is 2260. The van der Waals surface area contributed by atoms with Gasteiger partial charge in [-0.3, -0.25) is 33.6 Å². The Hall–Kier alpha value is -6.06. The summed E-state index contributed by atoms with van der Waals surface area (Å²) >= 11 is 0. The number of aryl methyl sites for hydroxylation is 2. The highest BCUT2D eigenvalue weighted by Crippen LogP contribution is 2.28. The number of imidazole rings is 2. The van der Waals surface area contributed by atoms with E-state index in [0.29, 0.717) is 59.7 Å². The van der Waals surface area contributed by atoms with Gasteiger partial charge in [0.15, 0.2) is 17.2 Å². The number of carbonyl (C=O) groups excluding carboxylic acids is 4. The fraction of sp³-hybridized carbons (Fsp3) is 0.343. The number of hydrogen-bond acceptors (Lipinski definition) is 9. The number of benzene rings is 2. The van der Waals surface area contributed by atoms with Crippen LogP contribution in [0, 0.1) is 0 Å². The SMILES string of the molecule is CNc1cc(Nc2cccc(C(=O)NCCCCc3cccc4c3n(C)c(=O)n4C3CCC(=O)NC3=O)c2)nn2c(C(=O)N[C@@H]3C[C@@H]3F)cnc12. The number of halogens is 1. The van der Waals surface area contributed by atoms with Crippen LogP contribution in [0.3, 0.4) is 0 Å². The molecule has 2 aliphatic rings. The van der Waals surface area contributed by atoms with E-state index in [9.17, 15) is 28.4 Å². The topological polar surface area (TPSA) is 186 Å². The summed E-state index contributed by atoms with van der Waals surface area (Å²) in [5.41, 5.74) is 4.29. The second-order valence-corrected chi connectivity index (χ2v) is 12.8. The first-order valence-electron chi connectivity index (χ1n) is 16.8. The van der Waals surface area contributed by atoms with Gasteiger partial charge in [-0.1, -0.05) is 18.2 Å². The number of nitrogens with zero attached hydrogens (tertiary/aromatic N) is 5. The quantitative estimate of drug-likeness (QED) is 0.0967. The van der Waals surface area contributed by atoms with Crippen molar-refractivity contribution in [1.82, 2.24) is 39.7 Å². The second kappa shape index (κ2) is 13.7. The van der Waals surface area contributed by atoms with E-state index < -0.39 is 30.1 Å². The summed E-state index contributed by atoms with van der Waals surface area (Å²) in [4.78, 5) is 67.6. The second-order valence-electron chi connectivity index (χ2n) is 12.8. The smallest absolute Gasteiger partial charge is 0.329 e. The minimum Gasteiger partial charge on any atom is -0.385 e. The molecule has 2 aromatic carbocycles. The molecule has 3 aromatic heterocycles. The summed E-state index contributed by atoms with van der Waals surface area (Å²) in [5, 5.41) is 18.7. The monoisotopic (exact) mass is 696 g/mol. The maximum Gasteiger partial charge on any atom is 0.329 e. The maximum atomic E-state index is 13.4. The highest BCUT2D eigenvalue weighted by Gasteiger charge is 2.39. The predicted octanol–water partition coefficient (Wildman–Crippen LogP) is 2.74. The van der Waals surface area contributed by atoms with Gasteiger partial charge in [0.1, 0.15) is 12.2 Å². The third-order valence-corrected chi connectivity index (χ3v) is 9.26. The Kier molecular flexibility index (Phi) is 8.97. The molecule has 1 aliphatic heterocycles. The number of hydrogen-bond donors (Lipinski definition) is 5. The van der Waals surface area contributed by atoms with Crippen LogP contribution in [-0.2, 0) is 23.1 Å². The average Bonchev–Trinajstić information content (AvgIpc) is 3.52. The van der Waals surface area contributed by atoms with Crippen LogP contribution in [0.15, 0.2) is 59.5 Å². The zero-order valence-electron chi connectivity index (χ0n) is 28.0. The fourth-order valence-corrected chi connectivity index (χ4v) is 6.51. The first-order valence-corrected chi connectivity index (χ1v) is 16.8. The lowest BCUT2D eigenvalue weighted by molar-refractivity contribution is -0.135. The molecule has 0 spiro atoms. The van der Waals surface area contributed by atoms with Gasteiger partial charge in [0.25, 0.3) is 11.8 Å². The van der Waals surface area contributed by atoms with Crippen molar-refractivity contribution in [2.75, 3.05) is 24.2 Å². The third-order valence-electron chi connectivity index (χ3n) is 9.26. The molecule has 15 nitrogen and oxygen atoms in total. The molecule has 4 amide bonds. The van der Waals surface area contributed by atoms with Crippen LogP contribution in [0.4, 0.5) is 21.6 Å². The van der Waals surface area contributed by atoms with Gasteiger partial charge in [-0.25, -0.2) is 18.7 Å². The molecule has 0 bridgehead atoms. The lowest BCUT2D eigenvalue weighted by atomic mass is 10.0. The molecular formula is C35H37FN10O5. The number of fused-ring (bicyclic) bond motifs is 2. The number of alkyl halides is 1. The van der Waals surface area contributed by atoms with Crippen LogP contribution >= 0.6 is 0 Å². The molecule has 1 saturated heterocycles. The summed E-state index contributed by atoms with van der Waals surface area (Å²) in [6.07, 6.45) is 3.18. The Morgan fingerprint density at radius 3 is 2.63 bits per heavy atom. The Balaban J connectivity index is 0.971. The van der Waals surface area contributed by atoms with E-state index in [0.717, 1.165) is 17.5 Å². The van der Waals surface area contributed by atoms with Crippen LogP contribution in [0.5, 0.6) is 0 Å². The molecule has 0 radical (unpaired) electrons. The number of piperidine rings is 1. The first-order chi connectivity index (χ1) is 24.6. The van der Waals surface area contributed by atoms with Gasteiger partial charge in [-0.15, -0.1) is 5.10 Å². The van der Waals surface area contributed by atoms with E-state index in [1.54, 1.807) is 49.0 Å². The summed E-state index contributed by atoms with van der Waals surface area (Å²) in [7, 11) is 3.40. The number of nitrogens with one attached hydrogen (secondary N) is 5. The standard InChI is InChI=1S/C35H37FN10O5/c1-37-24-17-28(43-46-27(18-39-31(24)46)34(50)41-23-16-22(23)36)40-21-10-5-9-20(15-21)32(48)38-14-4-3-7-19-8-6-11-25-30(19)44(2)35(51)45(25)26-12-13-29(47)42-33(26)49/h5-6,8-11,15,17-18,22-23,26,37H,3-4,7,12-14,16H2,1-2H3,(H,38,48)(H,40,43)(H,41,50)(H,42,47,49)/t22-,23+,26?/m0/s1. The lowest BCUT2D eigenvalue weighted by Gasteiger charge is -2.21. The van der Waals surface area contributed by atoms with Crippen LogP contribution in [0.25, 0.3) is 16.7 Å². The Labute approximate surface area is 290 Å². The number of unbranched alkanes of at least 4 members (excludes halogenated alkanes) is 1. The molecule has 5 N–H and O–H groups in total. The zero-order valence-corrected chi connectivity index (χ0v) is 28.0. The molecule has 3 atom stereocenters.